The molecule has 4 nitrogen and oxygen atoms in total. The molecule has 2 saturated heterocycles. The number of benzene rings is 1. The lowest BCUT2D eigenvalue weighted by molar-refractivity contribution is -0.133. The molecule has 2 heterocycles. The van der Waals surface area contributed by atoms with Crippen molar-refractivity contribution in [2.75, 3.05) is 39.3 Å². The summed E-state index contributed by atoms with van der Waals surface area (Å²) in [5.41, 5.74) is 1.24. The Morgan fingerprint density at radius 1 is 1.14 bits per heavy atom. The summed E-state index contributed by atoms with van der Waals surface area (Å²) in [6, 6.07) is 10.3. The van der Waals surface area contributed by atoms with E-state index in [4.69, 9.17) is 4.74 Å². The zero-order chi connectivity index (χ0) is 15.2. The van der Waals surface area contributed by atoms with Crippen LogP contribution in [0.1, 0.15) is 24.8 Å². The van der Waals surface area contributed by atoms with Crippen molar-refractivity contribution in [2.45, 2.75) is 31.8 Å². The maximum Gasteiger partial charge on any atom is 0.222 e. The molecule has 1 amide bonds. The number of piperazine rings is 1. The zero-order valence-electron chi connectivity index (χ0n) is 13.2. The zero-order valence-corrected chi connectivity index (χ0v) is 13.2. The molecule has 4 heteroatoms. The molecule has 1 unspecified atom stereocenters. The smallest absolute Gasteiger partial charge is 0.222 e. The Labute approximate surface area is 133 Å². The molecule has 0 saturated carbocycles. The predicted octanol–water partition coefficient (Wildman–Crippen LogP) is 1.94. The molecule has 2 fully saturated rings. The summed E-state index contributed by atoms with van der Waals surface area (Å²) < 4.78 is 5.70. The summed E-state index contributed by atoms with van der Waals surface area (Å²) in [7, 11) is 0. The maximum absolute atomic E-state index is 12.3. The molecule has 120 valence electrons. The van der Waals surface area contributed by atoms with E-state index in [1.807, 2.05) is 23.1 Å². The Hall–Kier alpha value is -1.39. The summed E-state index contributed by atoms with van der Waals surface area (Å²) in [6.07, 6.45) is 4.27. The van der Waals surface area contributed by atoms with E-state index in [-0.39, 0.29) is 0 Å². The highest BCUT2D eigenvalue weighted by molar-refractivity contribution is 5.76. The van der Waals surface area contributed by atoms with Gasteiger partial charge < -0.3 is 9.64 Å². The Kier molecular flexibility index (Phi) is 5.46. The van der Waals surface area contributed by atoms with Crippen LogP contribution in [0.25, 0.3) is 0 Å². The SMILES string of the molecule is O=C(CCc1ccccc1)N1CCN(CC2CCCO2)CC1. The average molecular weight is 302 g/mol. The maximum atomic E-state index is 12.3. The Morgan fingerprint density at radius 2 is 1.91 bits per heavy atom. The number of amides is 1. The summed E-state index contributed by atoms with van der Waals surface area (Å²) >= 11 is 0. The Morgan fingerprint density at radius 3 is 2.59 bits per heavy atom. The largest absolute Gasteiger partial charge is 0.377 e. The number of hydrogen-bond donors (Lipinski definition) is 0. The van der Waals surface area contributed by atoms with E-state index >= 15 is 0 Å². The van der Waals surface area contributed by atoms with Gasteiger partial charge in [-0.1, -0.05) is 30.3 Å². The standard InChI is InChI=1S/C18H26N2O2/c21-18(9-8-16-5-2-1-3-6-16)20-12-10-19(11-13-20)15-17-7-4-14-22-17/h1-3,5-6,17H,4,7-15H2. The van der Waals surface area contributed by atoms with Gasteiger partial charge >= 0.3 is 0 Å². The second-order valence-electron chi connectivity index (χ2n) is 6.30. The van der Waals surface area contributed by atoms with Crippen molar-refractivity contribution in [1.82, 2.24) is 9.80 Å². The number of carbonyl (C=O) groups excluding carboxylic acids is 1. The van der Waals surface area contributed by atoms with Gasteiger partial charge in [-0.15, -0.1) is 0 Å². The van der Waals surface area contributed by atoms with Crippen LogP contribution >= 0.6 is 0 Å². The van der Waals surface area contributed by atoms with Gasteiger partial charge in [-0.2, -0.15) is 0 Å². The molecule has 0 N–H and O–H groups in total. The number of aryl methyl sites for hydroxylation is 1. The highest BCUT2D eigenvalue weighted by atomic mass is 16.5. The lowest BCUT2D eigenvalue weighted by Gasteiger charge is -2.35. The molecule has 0 aliphatic carbocycles. The molecule has 1 aromatic carbocycles. The molecule has 0 aromatic heterocycles. The average Bonchev–Trinajstić information content (AvgIpc) is 3.07. The van der Waals surface area contributed by atoms with Crippen LogP contribution in [0.5, 0.6) is 0 Å². The van der Waals surface area contributed by atoms with Crippen molar-refractivity contribution in [3.8, 4) is 0 Å². The van der Waals surface area contributed by atoms with Crippen molar-refractivity contribution in [2.24, 2.45) is 0 Å². The molecule has 22 heavy (non-hydrogen) atoms. The molecule has 1 atom stereocenters. The van der Waals surface area contributed by atoms with E-state index in [0.29, 0.717) is 18.4 Å². The van der Waals surface area contributed by atoms with Crippen LogP contribution in [0.3, 0.4) is 0 Å². The topological polar surface area (TPSA) is 32.8 Å². The predicted molar refractivity (Wildman–Crippen MR) is 86.8 cm³/mol. The normalized spacial score (nSPS) is 22.9. The van der Waals surface area contributed by atoms with Crippen LogP contribution in [0.4, 0.5) is 0 Å². The first-order valence-electron chi connectivity index (χ1n) is 8.47. The Bertz CT molecular complexity index is 463. The second-order valence-corrected chi connectivity index (χ2v) is 6.30. The molecule has 1 aromatic rings. The highest BCUT2D eigenvalue weighted by Gasteiger charge is 2.24. The number of carbonyl (C=O) groups is 1. The molecule has 0 radical (unpaired) electrons. The van der Waals surface area contributed by atoms with E-state index in [2.05, 4.69) is 17.0 Å². The minimum absolute atomic E-state index is 0.292. The number of nitrogens with zero attached hydrogens (tertiary/aromatic N) is 2. The minimum Gasteiger partial charge on any atom is -0.377 e. The Balaban J connectivity index is 1.38. The van der Waals surface area contributed by atoms with Crippen molar-refractivity contribution in [3.05, 3.63) is 35.9 Å². The van der Waals surface area contributed by atoms with Gasteiger partial charge in [0.15, 0.2) is 0 Å². The number of hydrogen-bond acceptors (Lipinski definition) is 3. The van der Waals surface area contributed by atoms with Gasteiger partial charge in [0.1, 0.15) is 0 Å². The van der Waals surface area contributed by atoms with Crippen LogP contribution in [0.2, 0.25) is 0 Å². The van der Waals surface area contributed by atoms with Crippen molar-refractivity contribution in [3.63, 3.8) is 0 Å². The van der Waals surface area contributed by atoms with Crippen LogP contribution in [0, 0.1) is 0 Å². The minimum atomic E-state index is 0.292. The second kappa shape index (κ2) is 7.75. The van der Waals surface area contributed by atoms with Gasteiger partial charge in [0, 0.05) is 45.8 Å². The molecule has 2 aliphatic heterocycles. The van der Waals surface area contributed by atoms with E-state index in [1.165, 1.54) is 18.4 Å². The molecular formula is C18H26N2O2. The fourth-order valence-electron chi connectivity index (χ4n) is 3.31. The summed E-state index contributed by atoms with van der Waals surface area (Å²) in [6.45, 7) is 5.64. The van der Waals surface area contributed by atoms with Crippen LogP contribution in [-0.4, -0.2) is 61.1 Å². The lowest BCUT2D eigenvalue weighted by atomic mass is 10.1. The van der Waals surface area contributed by atoms with Crippen molar-refractivity contribution >= 4 is 5.91 Å². The fourth-order valence-corrected chi connectivity index (χ4v) is 3.31. The third-order valence-corrected chi connectivity index (χ3v) is 4.68. The van der Waals surface area contributed by atoms with E-state index in [9.17, 15) is 4.79 Å². The van der Waals surface area contributed by atoms with E-state index < -0.39 is 0 Å². The molecule has 0 bridgehead atoms. The first-order valence-corrected chi connectivity index (χ1v) is 8.47. The van der Waals surface area contributed by atoms with Gasteiger partial charge in [0.2, 0.25) is 5.91 Å². The van der Waals surface area contributed by atoms with Crippen LogP contribution in [-0.2, 0) is 16.0 Å². The summed E-state index contributed by atoms with van der Waals surface area (Å²) in [5, 5.41) is 0. The van der Waals surface area contributed by atoms with Gasteiger partial charge in [-0.25, -0.2) is 0 Å². The monoisotopic (exact) mass is 302 g/mol. The highest BCUT2D eigenvalue weighted by Crippen LogP contribution is 2.15. The van der Waals surface area contributed by atoms with E-state index in [0.717, 1.165) is 45.8 Å². The first kappa shape index (κ1) is 15.5. The van der Waals surface area contributed by atoms with Gasteiger partial charge in [-0.05, 0) is 24.8 Å². The fraction of sp³-hybridized carbons (Fsp3) is 0.611. The molecular weight excluding hydrogens is 276 g/mol. The van der Waals surface area contributed by atoms with Gasteiger partial charge in [0.05, 0.1) is 6.10 Å². The number of rotatable bonds is 5. The summed E-state index contributed by atoms with van der Waals surface area (Å²) in [4.78, 5) is 16.8. The number of ether oxygens (including phenoxy) is 1. The van der Waals surface area contributed by atoms with E-state index in [1.54, 1.807) is 0 Å². The van der Waals surface area contributed by atoms with Crippen LogP contribution in [0.15, 0.2) is 30.3 Å². The molecule has 0 spiro atoms. The lowest BCUT2D eigenvalue weighted by Crippen LogP contribution is -2.50. The van der Waals surface area contributed by atoms with Crippen molar-refractivity contribution in [1.29, 1.82) is 0 Å². The quantitative estimate of drug-likeness (QED) is 0.833. The third kappa shape index (κ3) is 4.31. The summed E-state index contributed by atoms with van der Waals surface area (Å²) in [5.74, 6) is 0.292. The van der Waals surface area contributed by atoms with Crippen LogP contribution < -0.4 is 0 Å². The first-order chi connectivity index (χ1) is 10.8. The molecule has 3 rings (SSSR count). The van der Waals surface area contributed by atoms with Crippen molar-refractivity contribution < 1.29 is 9.53 Å². The third-order valence-electron chi connectivity index (χ3n) is 4.68. The van der Waals surface area contributed by atoms with Gasteiger partial charge in [-0.3, -0.25) is 9.69 Å². The molecule has 2 aliphatic rings. The van der Waals surface area contributed by atoms with Gasteiger partial charge in [0.25, 0.3) is 0 Å².